The molecule has 4 heteroatoms. The molecule has 0 amide bonds. The molecule has 0 saturated carbocycles. The molecule has 1 atom stereocenters. The summed E-state index contributed by atoms with van der Waals surface area (Å²) in [5.41, 5.74) is 2.05. The molecule has 4 nitrogen and oxygen atoms in total. The lowest BCUT2D eigenvalue weighted by Crippen LogP contribution is -2.08. The third-order valence-corrected chi connectivity index (χ3v) is 2.58. The van der Waals surface area contributed by atoms with Crippen LogP contribution < -0.4 is 0 Å². The quantitative estimate of drug-likeness (QED) is 0.617. The topological polar surface area (TPSA) is 58.9 Å². The second-order valence-corrected chi connectivity index (χ2v) is 3.71. The number of hydrogen-bond acceptors (Lipinski definition) is 2. The minimum Gasteiger partial charge on any atom is -0.361 e. The summed E-state index contributed by atoms with van der Waals surface area (Å²) >= 11 is 0. The van der Waals surface area contributed by atoms with Gasteiger partial charge in [0, 0.05) is 27.9 Å². The van der Waals surface area contributed by atoms with Crippen LogP contribution in [-0.2, 0) is 0 Å². The van der Waals surface area contributed by atoms with Gasteiger partial charge in [0.25, 0.3) is 0 Å². The molecule has 1 unspecified atom stereocenters. The third-order valence-electron chi connectivity index (χ3n) is 2.58. The molecule has 0 radical (unpaired) electrons. The number of rotatable bonds is 3. The maximum absolute atomic E-state index is 10.4. The average molecular weight is 204 g/mol. The van der Waals surface area contributed by atoms with E-state index in [9.17, 15) is 10.1 Å². The standard InChI is InChI=1S/C11H12N2O2/c1-8(7-13(14)15)10-6-12-11-5-3-2-4-9(10)11/h2-6,8,12H,7H2,1H3. The Morgan fingerprint density at radius 3 is 2.93 bits per heavy atom. The molecule has 1 aromatic carbocycles. The molecule has 2 aromatic rings. The van der Waals surface area contributed by atoms with Crippen molar-refractivity contribution in [2.24, 2.45) is 0 Å². The highest BCUT2D eigenvalue weighted by molar-refractivity contribution is 5.83. The van der Waals surface area contributed by atoms with Gasteiger partial charge in [0.05, 0.1) is 0 Å². The van der Waals surface area contributed by atoms with Gasteiger partial charge in [0.2, 0.25) is 6.54 Å². The Hall–Kier alpha value is -1.84. The fraction of sp³-hybridized carbons (Fsp3) is 0.273. The average Bonchev–Trinajstić information content (AvgIpc) is 2.59. The number of nitrogens with zero attached hydrogens (tertiary/aromatic N) is 1. The number of nitrogens with one attached hydrogen (secondary N) is 1. The zero-order valence-corrected chi connectivity index (χ0v) is 8.43. The molecule has 15 heavy (non-hydrogen) atoms. The van der Waals surface area contributed by atoms with Crippen LogP contribution in [0.25, 0.3) is 10.9 Å². The first kappa shape index (κ1) is 9.71. The van der Waals surface area contributed by atoms with Crippen molar-refractivity contribution in [2.75, 3.05) is 6.54 Å². The summed E-state index contributed by atoms with van der Waals surface area (Å²) in [5.74, 6) is -0.0591. The summed E-state index contributed by atoms with van der Waals surface area (Å²) in [6, 6.07) is 7.84. The zero-order chi connectivity index (χ0) is 10.8. The second kappa shape index (κ2) is 3.73. The molecule has 0 bridgehead atoms. The molecular weight excluding hydrogens is 192 g/mol. The summed E-state index contributed by atoms with van der Waals surface area (Å²) in [6.45, 7) is 1.85. The summed E-state index contributed by atoms with van der Waals surface area (Å²) in [4.78, 5) is 13.3. The number of fused-ring (bicyclic) bond motifs is 1. The summed E-state index contributed by atoms with van der Waals surface area (Å²) < 4.78 is 0. The maximum atomic E-state index is 10.4. The summed E-state index contributed by atoms with van der Waals surface area (Å²) in [5, 5.41) is 11.5. The number of benzene rings is 1. The first-order valence-corrected chi connectivity index (χ1v) is 4.86. The molecule has 1 aromatic heterocycles. The number of aromatic amines is 1. The molecule has 0 fully saturated rings. The Bertz CT molecular complexity index is 490. The van der Waals surface area contributed by atoms with E-state index in [0.717, 1.165) is 16.5 Å². The second-order valence-electron chi connectivity index (χ2n) is 3.71. The van der Waals surface area contributed by atoms with Crippen molar-refractivity contribution in [3.8, 4) is 0 Å². The van der Waals surface area contributed by atoms with Gasteiger partial charge >= 0.3 is 0 Å². The van der Waals surface area contributed by atoms with Crippen molar-refractivity contribution in [3.63, 3.8) is 0 Å². The first-order chi connectivity index (χ1) is 7.18. The van der Waals surface area contributed by atoms with E-state index in [1.165, 1.54) is 0 Å². The molecular formula is C11H12N2O2. The Kier molecular flexibility index (Phi) is 2.41. The predicted octanol–water partition coefficient (Wildman–Crippen LogP) is 2.55. The van der Waals surface area contributed by atoms with Crippen molar-refractivity contribution < 1.29 is 4.92 Å². The molecule has 0 saturated heterocycles. The van der Waals surface area contributed by atoms with Crippen molar-refractivity contribution in [3.05, 3.63) is 46.1 Å². The van der Waals surface area contributed by atoms with Crippen molar-refractivity contribution >= 4 is 10.9 Å². The van der Waals surface area contributed by atoms with Gasteiger partial charge in [0.1, 0.15) is 0 Å². The van der Waals surface area contributed by atoms with Gasteiger partial charge in [0.15, 0.2) is 0 Å². The van der Waals surface area contributed by atoms with Crippen LogP contribution in [0.2, 0.25) is 0 Å². The number of para-hydroxylation sites is 1. The fourth-order valence-corrected chi connectivity index (χ4v) is 1.82. The van der Waals surface area contributed by atoms with E-state index in [1.807, 2.05) is 37.4 Å². The van der Waals surface area contributed by atoms with Crippen LogP contribution in [0.15, 0.2) is 30.5 Å². The molecule has 0 spiro atoms. The van der Waals surface area contributed by atoms with E-state index in [0.29, 0.717) is 0 Å². The van der Waals surface area contributed by atoms with Gasteiger partial charge < -0.3 is 4.98 Å². The highest BCUT2D eigenvalue weighted by Crippen LogP contribution is 2.25. The van der Waals surface area contributed by atoms with Crippen LogP contribution in [0.5, 0.6) is 0 Å². The SMILES string of the molecule is CC(C[N+](=O)[O-])c1c[nH]c2ccccc12. The fourth-order valence-electron chi connectivity index (χ4n) is 1.82. The van der Waals surface area contributed by atoms with Gasteiger partial charge in [-0.15, -0.1) is 0 Å². The minimum atomic E-state index is -0.271. The molecule has 2 rings (SSSR count). The highest BCUT2D eigenvalue weighted by atomic mass is 16.6. The van der Waals surface area contributed by atoms with Gasteiger partial charge in [-0.1, -0.05) is 25.1 Å². The number of H-pyrrole nitrogens is 1. The molecule has 78 valence electrons. The zero-order valence-electron chi connectivity index (χ0n) is 8.43. The molecule has 0 aliphatic carbocycles. The van der Waals surface area contributed by atoms with Gasteiger partial charge in [-0.05, 0) is 11.6 Å². The monoisotopic (exact) mass is 204 g/mol. The Labute approximate surface area is 87.1 Å². The lowest BCUT2D eigenvalue weighted by atomic mass is 10.0. The van der Waals surface area contributed by atoms with Gasteiger partial charge in [-0.3, -0.25) is 10.1 Å². The minimum absolute atomic E-state index is 0.0259. The van der Waals surface area contributed by atoms with Gasteiger partial charge in [-0.25, -0.2) is 0 Å². The Morgan fingerprint density at radius 2 is 2.20 bits per heavy atom. The van der Waals surface area contributed by atoms with Crippen molar-refractivity contribution in [1.29, 1.82) is 0 Å². The lowest BCUT2D eigenvalue weighted by Gasteiger charge is -2.04. The van der Waals surface area contributed by atoms with E-state index in [1.54, 1.807) is 0 Å². The Balaban J connectivity index is 2.39. The number of hydrogen-bond donors (Lipinski definition) is 1. The third kappa shape index (κ3) is 1.83. The van der Waals surface area contributed by atoms with Crippen LogP contribution in [0.1, 0.15) is 18.4 Å². The highest BCUT2D eigenvalue weighted by Gasteiger charge is 2.15. The molecule has 1 heterocycles. The summed E-state index contributed by atoms with van der Waals surface area (Å²) in [6.07, 6.45) is 1.86. The Morgan fingerprint density at radius 1 is 1.47 bits per heavy atom. The van der Waals surface area contributed by atoms with Crippen LogP contribution >= 0.6 is 0 Å². The van der Waals surface area contributed by atoms with E-state index in [2.05, 4.69) is 4.98 Å². The van der Waals surface area contributed by atoms with Crippen LogP contribution in [0, 0.1) is 10.1 Å². The van der Waals surface area contributed by atoms with Crippen LogP contribution in [0.4, 0.5) is 0 Å². The van der Waals surface area contributed by atoms with Crippen molar-refractivity contribution in [1.82, 2.24) is 4.98 Å². The van der Waals surface area contributed by atoms with Crippen LogP contribution in [0.3, 0.4) is 0 Å². The van der Waals surface area contributed by atoms with E-state index >= 15 is 0 Å². The molecule has 0 aliphatic heterocycles. The van der Waals surface area contributed by atoms with E-state index in [-0.39, 0.29) is 17.4 Å². The number of aromatic nitrogens is 1. The first-order valence-electron chi connectivity index (χ1n) is 4.86. The molecule has 0 aliphatic rings. The normalized spacial score (nSPS) is 12.9. The maximum Gasteiger partial charge on any atom is 0.210 e. The largest absolute Gasteiger partial charge is 0.361 e. The van der Waals surface area contributed by atoms with Gasteiger partial charge in [-0.2, -0.15) is 0 Å². The summed E-state index contributed by atoms with van der Waals surface area (Å²) in [7, 11) is 0. The number of nitro groups is 1. The van der Waals surface area contributed by atoms with E-state index < -0.39 is 0 Å². The van der Waals surface area contributed by atoms with Crippen molar-refractivity contribution in [2.45, 2.75) is 12.8 Å². The van der Waals surface area contributed by atoms with Crippen LogP contribution in [-0.4, -0.2) is 16.5 Å². The van der Waals surface area contributed by atoms with E-state index in [4.69, 9.17) is 0 Å². The molecule has 1 N–H and O–H groups in total. The smallest absolute Gasteiger partial charge is 0.210 e. The lowest BCUT2D eigenvalue weighted by molar-refractivity contribution is -0.482. The predicted molar refractivity (Wildman–Crippen MR) is 58.6 cm³/mol.